The first-order valence-electron chi connectivity index (χ1n) is 26.0. The van der Waals surface area contributed by atoms with Gasteiger partial charge < -0.3 is 40.3 Å². The lowest BCUT2D eigenvalue weighted by Gasteiger charge is -2.40. The molecule has 1 rings (SSSR count). The summed E-state index contributed by atoms with van der Waals surface area (Å²) in [5.41, 5.74) is 0. The van der Waals surface area contributed by atoms with Crippen molar-refractivity contribution in [3.05, 3.63) is 97.2 Å². The molecule has 65 heavy (non-hydrogen) atoms. The SMILES string of the molecule is CC/C=C\C/C=C\C/C=C\C/C=C\C/C=C\C/C=C\CCCCCCCCCCCCCCCCCCC(=O)NC(COC1OC(CO)C(O)C(O)C1O)C(O)/C=C/CC/C=C/CCC. The topological polar surface area (TPSA) is 149 Å². The number of amides is 1. The second-order valence-electron chi connectivity index (χ2n) is 17.6. The van der Waals surface area contributed by atoms with Gasteiger partial charge in [-0.2, -0.15) is 0 Å². The quantitative estimate of drug-likeness (QED) is 0.0262. The summed E-state index contributed by atoms with van der Waals surface area (Å²) in [4.78, 5) is 12.9. The second-order valence-corrected chi connectivity index (χ2v) is 17.6. The minimum absolute atomic E-state index is 0.195. The van der Waals surface area contributed by atoms with E-state index in [1.54, 1.807) is 6.08 Å². The zero-order valence-corrected chi connectivity index (χ0v) is 41.0. The van der Waals surface area contributed by atoms with Crippen LogP contribution >= 0.6 is 0 Å². The van der Waals surface area contributed by atoms with E-state index in [4.69, 9.17) is 9.47 Å². The Morgan fingerprint density at radius 1 is 0.538 bits per heavy atom. The standard InChI is InChI=1S/C56H95NO8/c1-3-5-7-9-11-12-13-14-15-16-17-18-19-20-21-22-23-24-25-26-27-28-29-30-31-32-33-34-35-36-37-38-40-42-44-46-52(60)57-49(50(59)45-43-41-39-10-8-6-4-2)48-64-56-55(63)54(62)53(61)51(47-58)65-56/h5,7-8,10-12,14-15,17-18,20-21,23-24,43,45,49-51,53-56,58-59,61-63H,3-4,6,9,13,16,19,22,25-42,44,46-48H2,1-2H3,(H,57,60)/b7-5-,10-8+,12-11-,15-14-,18-17-,21-20-,24-23-,45-43+. The van der Waals surface area contributed by atoms with E-state index < -0.39 is 49.5 Å². The number of rotatable bonds is 42. The minimum atomic E-state index is -1.57. The zero-order valence-electron chi connectivity index (χ0n) is 41.0. The van der Waals surface area contributed by atoms with Crippen LogP contribution in [0.4, 0.5) is 0 Å². The number of allylic oxidation sites excluding steroid dienone is 15. The third-order valence-corrected chi connectivity index (χ3v) is 11.6. The molecule has 372 valence electrons. The predicted molar refractivity (Wildman–Crippen MR) is 271 cm³/mol. The molecule has 1 fully saturated rings. The van der Waals surface area contributed by atoms with Gasteiger partial charge in [-0.25, -0.2) is 0 Å². The number of nitrogens with one attached hydrogen (secondary N) is 1. The fraction of sp³-hybridized carbons (Fsp3) is 0.696. The molecule has 1 amide bonds. The van der Waals surface area contributed by atoms with Gasteiger partial charge >= 0.3 is 0 Å². The molecule has 0 aromatic heterocycles. The highest BCUT2D eigenvalue weighted by Crippen LogP contribution is 2.22. The van der Waals surface area contributed by atoms with Crippen molar-refractivity contribution in [3.8, 4) is 0 Å². The third-order valence-electron chi connectivity index (χ3n) is 11.6. The van der Waals surface area contributed by atoms with Crippen LogP contribution in [0.5, 0.6) is 0 Å². The molecule has 0 aliphatic carbocycles. The molecular formula is C56H95NO8. The monoisotopic (exact) mass is 910 g/mol. The van der Waals surface area contributed by atoms with Crippen molar-refractivity contribution in [2.75, 3.05) is 13.2 Å². The molecule has 9 heteroatoms. The molecule has 0 spiro atoms. The summed E-state index contributed by atoms with van der Waals surface area (Å²) >= 11 is 0. The summed E-state index contributed by atoms with van der Waals surface area (Å²) in [5.74, 6) is -0.195. The van der Waals surface area contributed by atoms with Crippen LogP contribution in [0, 0.1) is 0 Å². The Morgan fingerprint density at radius 2 is 0.969 bits per heavy atom. The largest absolute Gasteiger partial charge is 0.394 e. The first-order valence-corrected chi connectivity index (χ1v) is 26.0. The number of unbranched alkanes of at least 4 members (excludes halogenated alkanes) is 18. The van der Waals surface area contributed by atoms with Gasteiger partial charge in [-0.15, -0.1) is 0 Å². The Labute approximate surface area is 396 Å². The van der Waals surface area contributed by atoms with E-state index in [-0.39, 0.29) is 12.5 Å². The number of ether oxygens (including phenoxy) is 2. The number of carbonyl (C=O) groups excluding carboxylic acids is 1. The lowest BCUT2D eigenvalue weighted by atomic mass is 9.99. The van der Waals surface area contributed by atoms with Gasteiger partial charge in [0, 0.05) is 6.42 Å². The summed E-state index contributed by atoms with van der Waals surface area (Å²) in [6.07, 6.45) is 58.0. The Kier molecular flexibility index (Phi) is 41.6. The molecular weight excluding hydrogens is 815 g/mol. The molecule has 1 heterocycles. The van der Waals surface area contributed by atoms with Crippen LogP contribution in [-0.4, -0.2) is 87.5 Å². The van der Waals surface area contributed by atoms with Gasteiger partial charge in [-0.3, -0.25) is 4.79 Å². The van der Waals surface area contributed by atoms with Gasteiger partial charge in [0.05, 0.1) is 25.4 Å². The highest BCUT2D eigenvalue weighted by molar-refractivity contribution is 5.76. The number of aliphatic hydroxyl groups is 5. The van der Waals surface area contributed by atoms with E-state index in [9.17, 15) is 30.3 Å². The zero-order chi connectivity index (χ0) is 47.3. The van der Waals surface area contributed by atoms with Crippen LogP contribution in [0.15, 0.2) is 97.2 Å². The van der Waals surface area contributed by atoms with E-state index in [0.29, 0.717) is 6.42 Å². The van der Waals surface area contributed by atoms with Crippen LogP contribution in [0.25, 0.3) is 0 Å². The van der Waals surface area contributed by atoms with Crippen molar-refractivity contribution in [1.29, 1.82) is 0 Å². The van der Waals surface area contributed by atoms with Crippen LogP contribution in [0.1, 0.15) is 194 Å². The number of carbonyl (C=O) groups is 1. The highest BCUT2D eigenvalue weighted by atomic mass is 16.7. The normalized spacial score (nSPS) is 20.8. The number of aliphatic hydroxyl groups excluding tert-OH is 5. The van der Waals surface area contributed by atoms with E-state index in [0.717, 1.165) is 83.5 Å². The van der Waals surface area contributed by atoms with Crippen molar-refractivity contribution in [1.82, 2.24) is 5.32 Å². The fourth-order valence-corrected chi connectivity index (χ4v) is 7.54. The van der Waals surface area contributed by atoms with Crippen LogP contribution in [0.3, 0.4) is 0 Å². The Bertz CT molecular complexity index is 1330. The number of hydrogen-bond acceptors (Lipinski definition) is 8. The van der Waals surface area contributed by atoms with Crippen molar-refractivity contribution < 1.29 is 39.8 Å². The maximum absolute atomic E-state index is 12.9. The van der Waals surface area contributed by atoms with Crippen molar-refractivity contribution in [3.63, 3.8) is 0 Å². The Balaban J connectivity index is 2.07. The lowest BCUT2D eigenvalue weighted by Crippen LogP contribution is -2.60. The lowest BCUT2D eigenvalue weighted by molar-refractivity contribution is -0.302. The van der Waals surface area contributed by atoms with Gasteiger partial charge in [0.2, 0.25) is 5.91 Å². The molecule has 0 aromatic rings. The molecule has 0 radical (unpaired) electrons. The maximum atomic E-state index is 12.9. The summed E-state index contributed by atoms with van der Waals surface area (Å²) in [6, 6.07) is -0.822. The third kappa shape index (κ3) is 35.0. The van der Waals surface area contributed by atoms with Crippen molar-refractivity contribution in [2.24, 2.45) is 0 Å². The first kappa shape index (κ1) is 60.1. The summed E-state index contributed by atoms with van der Waals surface area (Å²) in [6.45, 7) is 3.52. The molecule has 9 nitrogen and oxygen atoms in total. The second kappa shape index (κ2) is 44.9. The predicted octanol–water partition coefficient (Wildman–Crippen LogP) is 12.1. The molecule has 0 aromatic carbocycles. The van der Waals surface area contributed by atoms with E-state index in [1.807, 2.05) is 6.08 Å². The summed E-state index contributed by atoms with van der Waals surface area (Å²) in [7, 11) is 0. The van der Waals surface area contributed by atoms with Gasteiger partial charge in [0.15, 0.2) is 6.29 Å². The summed E-state index contributed by atoms with van der Waals surface area (Å²) < 4.78 is 11.1. The van der Waals surface area contributed by atoms with E-state index in [1.165, 1.54) is 89.9 Å². The van der Waals surface area contributed by atoms with Crippen LogP contribution in [0.2, 0.25) is 0 Å². The molecule has 0 saturated carbocycles. The van der Waals surface area contributed by atoms with Gasteiger partial charge in [0.25, 0.3) is 0 Å². The number of hydrogen-bond donors (Lipinski definition) is 6. The smallest absolute Gasteiger partial charge is 0.220 e. The van der Waals surface area contributed by atoms with Crippen LogP contribution in [-0.2, 0) is 14.3 Å². The Morgan fingerprint density at radius 3 is 1.46 bits per heavy atom. The molecule has 1 aliphatic rings. The fourth-order valence-electron chi connectivity index (χ4n) is 7.54. The Hall–Kier alpha value is -2.89. The molecule has 1 aliphatic heterocycles. The van der Waals surface area contributed by atoms with Gasteiger partial charge in [-0.1, -0.05) is 207 Å². The van der Waals surface area contributed by atoms with Gasteiger partial charge in [-0.05, 0) is 77.0 Å². The van der Waals surface area contributed by atoms with Crippen molar-refractivity contribution >= 4 is 5.91 Å². The molecule has 7 atom stereocenters. The maximum Gasteiger partial charge on any atom is 0.220 e. The molecule has 7 unspecified atom stereocenters. The molecule has 6 N–H and O–H groups in total. The minimum Gasteiger partial charge on any atom is -0.394 e. The average molecular weight is 910 g/mol. The van der Waals surface area contributed by atoms with Crippen LogP contribution < -0.4 is 5.32 Å². The molecule has 1 saturated heterocycles. The van der Waals surface area contributed by atoms with Crippen molar-refractivity contribution in [2.45, 2.75) is 236 Å². The summed E-state index contributed by atoms with van der Waals surface area (Å²) in [5, 5.41) is 53.9. The van der Waals surface area contributed by atoms with E-state index in [2.05, 4.69) is 104 Å². The average Bonchev–Trinajstić information content (AvgIpc) is 3.31. The molecule has 0 bridgehead atoms. The first-order chi connectivity index (χ1) is 31.8. The van der Waals surface area contributed by atoms with E-state index >= 15 is 0 Å². The highest BCUT2D eigenvalue weighted by Gasteiger charge is 2.44. The van der Waals surface area contributed by atoms with Gasteiger partial charge in [0.1, 0.15) is 24.4 Å².